The van der Waals surface area contributed by atoms with Gasteiger partial charge in [-0.1, -0.05) is 6.92 Å². The van der Waals surface area contributed by atoms with Crippen LogP contribution in [0.3, 0.4) is 0 Å². The largest absolute Gasteiger partial charge is 0.395 e. The number of hydrogen-bond donors (Lipinski definition) is 2. The highest BCUT2D eigenvalue weighted by Crippen LogP contribution is 1.96. The van der Waals surface area contributed by atoms with Gasteiger partial charge in [0.15, 0.2) is 0 Å². The minimum Gasteiger partial charge on any atom is -0.395 e. The first-order valence-electron chi connectivity index (χ1n) is 4.60. The van der Waals surface area contributed by atoms with E-state index in [-0.39, 0.29) is 12.6 Å². The number of aliphatic hydroxyl groups excluding tert-OH is 1. The Morgan fingerprint density at radius 1 is 1.50 bits per heavy atom. The highest BCUT2D eigenvalue weighted by Gasteiger charge is 2.07. The van der Waals surface area contributed by atoms with Crippen LogP contribution < -0.4 is 5.32 Å². The lowest BCUT2D eigenvalue weighted by Crippen LogP contribution is -2.39. The molecular weight excluding hydrogens is 154 g/mol. The van der Waals surface area contributed by atoms with Crippen LogP contribution in [-0.4, -0.2) is 37.5 Å². The van der Waals surface area contributed by atoms with E-state index in [9.17, 15) is 0 Å². The molecule has 2 atom stereocenters. The van der Waals surface area contributed by atoms with E-state index < -0.39 is 0 Å². The van der Waals surface area contributed by atoms with Crippen LogP contribution in [0, 0.1) is 0 Å². The molecule has 3 heteroatoms. The third-order valence-corrected chi connectivity index (χ3v) is 1.99. The predicted octanol–water partition coefficient (Wildman–Crippen LogP) is 0.772. The lowest BCUT2D eigenvalue weighted by molar-refractivity contribution is 0.174. The predicted molar refractivity (Wildman–Crippen MR) is 50.3 cm³/mol. The summed E-state index contributed by atoms with van der Waals surface area (Å²) >= 11 is 0. The molecule has 0 aromatic heterocycles. The topological polar surface area (TPSA) is 41.5 Å². The van der Waals surface area contributed by atoms with Crippen molar-refractivity contribution in [3.05, 3.63) is 0 Å². The Bertz CT molecular complexity index is 94.5. The summed E-state index contributed by atoms with van der Waals surface area (Å²) in [6.45, 7) is 5.16. The summed E-state index contributed by atoms with van der Waals surface area (Å²) in [4.78, 5) is 0. The fraction of sp³-hybridized carbons (Fsp3) is 1.00. The van der Waals surface area contributed by atoms with Crippen molar-refractivity contribution in [1.82, 2.24) is 5.32 Å². The molecule has 0 aliphatic rings. The van der Waals surface area contributed by atoms with Crippen LogP contribution in [0.2, 0.25) is 0 Å². The third-order valence-electron chi connectivity index (χ3n) is 1.99. The Balaban J connectivity index is 3.44. The summed E-state index contributed by atoms with van der Waals surface area (Å²) in [6.07, 6.45) is 1.96. The van der Waals surface area contributed by atoms with E-state index in [1.807, 2.05) is 0 Å². The molecule has 74 valence electrons. The van der Waals surface area contributed by atoms with E-state index in [2.05, 4.69) is 19.2 Å². The van der Waals surface area contributed by atoms with Crippen molar-refractivity contribution in [1.29, 1.82) is 0 Å². The molecule has 0 spiro atoms. The second kappa shape index (κ2) is 7.53. The molecule has 0 radical (unpaired) electrons. The molecule has 0 aromatic rings. The second-order valence-corrected chi connectivity index (χ2v) is 3.14. The zero-order chi connectivity index (χ0) is 9.40. The Labute approximate surface area is 75.1 Å². The molecule has 12 heavy (non-hydrogen) atoms. The van der Waals surface area contributed by atoms with Crippen LogP contribution in [-0.2, 0) is 4.74 Å². The Hall–Kier alpha value is -0.120. The fourth-order valence-electron chi connectivity index (χ4n) is 1.08. The highest BCUT2D eigenvalue weighted by molar-refractivity contribution is 4.68. The van der Waals surface area contributed by atoms with Gasteiger partial charge in [-0.05, 0) is 19.8 Å². The Morgan fingerprint density at radius 2 is 2.17 bits per heavy atom. The van der Waals surface area contributed by atoms with Gasteiger partial charge in [0.05, 0.1) is 6.61 Å². The van der Waals surface area contributed by atoms with Crippen molar-refractivity contribution >= 4 is 0 Å². The van der Waals surface area contributed by atoms with Crippen molar-refractivity contribution in [2.45, 2.75) is 38.8 Å². The summed E-state index contributed by atoms with van der Waals surface area (Å²) < 4.78 is 4.96. The van der Waals surface area contributed by atoms with Gasteiger partial charge < -0.3 is 15.2 Å². The van der Waals surface area contributed by atoms with Crippen molar-refractivity contribution in [2.24, 2.45) is 0 Å². The number of methoxy groups -OCH3 is 1. The van der Waals surface area contributed by atoms with Crippen LogP contribution in [0.25, 0.3) is 0 Å². The normalized spacial score (nSPS) is 16.0. The van der Waals surface area contributed by atoms with Gasteiger partial charge in [0.2, 0.25) is 0 Å². The summed E-state index contributed by atoms with van der Waals surface area (Å²) in [6, 6.07) is 0.652. The molecule has 3 nitrogen and oxygen atoms in total. The molecule has 0 aliphatic carbocycles. The third kappa shape index (κ3) is 5.52. The Morgan fingerprint density at radius 3 is 2.58 bits per heavy atom. The lowest BCUT2D eigenvalue weighted by atomic mass is 10.2. The van der Waals surface area contributed by atoms with E-state index in [0.29, 0.717) is 6.04 Å². The number of ether oxygens (including phenoxy) is 1. The average molecular weight is 175 g/mol. The van der Waals surface area contributed by atoms with Gasteiger partial charge in [-0.2, -0.15) is 0 Å². The van der Waals surface area contributed by atoms with Crippen LogP contribution >= 0.6 is 0 Å². The minimum atomic E-state index is 0.216. The molecule has 2 N–H and O–H groups in total. The summed E-state index contributed by atoms with van der Waals surface area (Å²) in [5, 5.41) is 12.2. The minimum absolute atomic E-state index is 0.216. The quantitative estimate of drug-likeness (QED) is 0.600. The van der Waals surface area contributed by atoms with Crippen molar-refractivity contribution in [2.75, 3.05) is 20.3 Å². The summed E-state index contributed by atoms with van der Waals surface area (Å²) in [5.41, 5.74) is 0. The van der Waals surface area contributed by atoms with Gasteiger partial charge in [-0.15, -0.1) is 0 Å². The van der Waals surface area contributed by atoms with Crippen molar-refractivity contribution in [3.63, 3.8) is 0 Å². The SMILES string of the molecule is CCC(CO)NC(C)CCOC. The fourth-order valence-corrected chi connectivity index (χ4v) is 1.08. The molecule has 0 bridgehead atoms. The maximum absolute atomic E-state index is 8.91. The average Bonchev–Trinajstić information content (AvgIpc) is 2.10. The molecule has 0 aromatic carbocycles. The molecule has 0 aliphatic heterocycles. The molecule has 0 saturated heterocycles. The van der Waals surface area contributed by atoms with E-state index in [1.165, 1.54) is 0 Å². The van der Waals surface area contributed by atoms with Crippen LogP contribution in [0.15, 0.2) is 0 Å². The molecule has 0 saturated carbocycles. The lowest BCUT2D eigenvalue weighted by Gasteiger charge is -2.19. The monoisotopic (exact) mass is 175 g/mol. The van der Waals surface area contributed by atoms with Gasteiger partial charge in [-0.3, -0.25) is 0 Å². The number of hydrogen-bond acceptors (Lipinski definition) is 3. The van der Waals surface area contributed by atoms with Gasteiger partial charge >= 0.3 is 0 Å². The molecule has 0 amide bonds. The zero-order valence-corrected chi connectivity index (χ0v) is 8.34. The number of aliphatic hydroxyl groups is 1. The van der Waals surface area contributed by atoms with Crippen LogP contribution in [0.4, 0.5) is 0 Å². The first-order valence-corrected chi connectivity index (χ1v) is 4.60. The first-order chi connectivity index (χ1) is 5.74. The zero-order valence-electron chi connectivity index (χ0n) is 8.34. The summed E-state index contributed by atoms with van der Waals surface area (Å²) in [7, 11) is 1.70. The molecule has 0 rings (SSSR count). The molecular formula is C9H21NO2. The van der Waals surface area contributed by atoms with Crippen LogP contribution in [0.5, 0.6) is 0 Å². The van der Waals surface area contributed by atoms with Crippen molar-refractivity contribution < 1.29 is 9.84 Å². The number of rotatable bonds is 7. The maximum Gasteiger partial charge on any atom is 0.0584 e. The maximum atomic E-state index is 8.91. The number of nitrogens with one attached hydrogen (secondary N) is 1. The van der Waals surface area contributed by atoms with E-state index in [1.54, 1.807) is 7.11 Å². The van der Waals surface area contributed by atoms with E-state index >= 15 is 0 Å². The first kappa shape index (κ1) is 11.9. The van der Waals surface area contributed by atoms with Gasteiger partial charge in [0, 0.05) is 25.8 Å². The van der Waals surface area contributed by atoms with Gasteiger partial charge in [-0.25, -0.2) is 0 Å². The Kier molecular flexibility index (Phi) is 7.45. The summed E-state index contributed by atoms with van der Waals surface area (Å²) in [5.74, 6) is 0. The van der Waals surface area contributed by atoms with E-state index in [0.717, 1.165) is 19.4 Å². The highest BCUT2D eigenvalue weighted by atomic mass is 16.5. The van der Waals surface area contributed by atoms with Gasteiger partial charge in [0.1, 0.15) is 0 Å². The standard InChI is InChI=1S/C9H21NO2/c1-4-9(7-11)10-8(2)5-6-12-3/h8-11H,4-7H2,1-3H3. The molecule has 2 unspecified atom stereocenters. The van der Waals surface area contributed by atoms with E-state index in [4.69, 9.17) is 9.84 Å². The molecule has 0 heterocycles. The second-order valence-electron chi connectivity index (χ2n) is 3.14. The van der Waals surface area contributed by atoms with Gasteiger partial charge in [0.25, 0.3) is 0 Å². The van der Waals surface area contributed by atoms with Crippen LogP contribution in [0.1, 0.15) is 26.7 Å². The smallest absolute Gasteiger partial charge is 0.0584 e. The molecule has 0 fully saturated rings. The van der Waals surface area contributed by atoms with Crippen molar-refractivity contribution in [3.8, 4) is 0 Å².